The van der Waals surface area contributed by atoms with Crippen LogP contribution in [0.25, 0.3) is 33.3 Å². The van der Waals surface area contributed by atoms with Crippen LogP contribution in [0.5, 0.6) is 0 Å². The highest BCUT2D eigenvalue weighted by atomic mass is 16.1. The predicted molar refractivity (Wildman–Crippen MR) is 111 cm³/mol. The van der Waals surface area contributed by atoms with E-state index in [1.807, 2.05) is 48.8 Å². The molecule has 2 N–H and O–H groups in total. The van der Waals surface area contributed by atoms with Gasteiger partial charge in [0.05, 0.1) is 0 Å². The summed E-state index contributed by atoms with van der Waals surface area (Å²) in [6.07, 6.45) is 6.72. The van der Waals surface area contributed by atoms with Crippen LogP contribution in [-0.2, 0) is 11.8 Å². The second-order valence-electron chi connectivity index (χ2n) is 6.46. The van der Waals surface area contributed by atoms with Gasteiger partial charge in [-0.05, 0) is 35.9 Å². The molecule has 0 aliphatic heterocycles. The molecule has 0 bridgehead atoms. The molecule has 4 rings (SSSR count). The average molecular weight is 370 g/mol. The van der Waals surface area contributed by atoms with Gasteiger partial charge < -0.3 is 14.9 Å². The molecular weight excluding hydrogens is 352 g/mol. The van der Waals surface area contributed by atoms with Crippen molar-refractivity contribution in [3.63, 3.8) is 0 Å². The number of fused-ring (bicyclic) bond motifs is 1. The molecule has 1 amide bonds. The van der Waals surface area contributed by atoms with Gasteiger partial charge in [0.2, 0.25) is 11.5 Å². The number of anilines is 1. The molecule has 0 unspecified atom stereocenters. The summed E-state index contributed by atoms with van der Waals surface area (Å²) in [5.74, 6) is -0.256. The van der Waals surface area contributed by atoms with Gasteiger partial charge in [-0.15, -0.1) is 0 Å². The number of aryl methyl sites for hydroxylation is 1. The first-order chi connectivity index (χ1) is 13.5. The van der Waals surface area contributed by atoms with Gasteiger partial charge in [0, 0.05) is 59.5 Å². The van der Waals surface area contributed by atoms with E-state index in [9.17, 15) is 9.59 Å². The number of carbonyl (C=O) groups is 1. The van der Waals surface area contributed by atoms with Gasteiger partial charge in [-0.2, -0.15) is 0 Å². The van der Waals surface area contributed by atoms with Crippen molar-refractivity contribution in [2.75, 3.05) is 5.32 Å². The highest BCUT2D eigenvalue weighted by Gasteiger charge is 2.10. The van der Waals surface area contributed by atoms with Crippen LogP contribution in [0.4, 0.5) is 5.69 Å². The lowest BCUT2D eigenvalue weighted by atomic mass is 10.0. The zero-order valence-corrected chi connectivity index (χ0v) is 15.3. The highest BCUT2D eigenvalue weighted by Crippen LogP contribution is 2.31. The lowest BCUT2D eigenvalue weighted by molar-refractivity contribution is -0.111. The first-order valence-corrected chi connectivity index (χ1v) is 8.73. The molecular formula is C22H18N4O2. The summed E-state index contributed by atoms with van der Waals surface area (Å²) in [5, 5.41) is 3.72. The first-order valence-electron chi connectivity index (χ1n) is 8.73. The molecule has 4 aromatic rings. The number of nitrogens with one attached hydrogen (secondary N) is 2. The minimum Gasteiger partial charge on any atom is -0.346 e. The molecule has 138 valence electrons. The van der Waals surface area contributed by atoms with Gasteiger partial charge in [-0.25, -0.2) is 4.98 Å². The quantitative estimate of drug-likeness (QED) is 0.537. The molecule has 28 heavy (non-hydrogen) atoms. The Kier molecular flexibility index (Phi) is 4.37. The summed E-state index contributed by atoms with van der Waals surface area (Å²) in [4.78, 5) is 30.9. The number of H-pyrrole nitrogens is 1. The Bertz CT molecular complexity index is 1270. The summed E-state index contributed by atoms with van der Waals surface area (Å²) >= 11 is 0. The molecule has 0 saturated heterocycles. The van der Waals surface area contributed by atoms with Crippen LogP contribution in [0.3, 0.4) is 0 Å². The molecule has 6 nitrogen and oxygen atoms in total. The van der Waals surface area contributed by atoms with Crippen LogP contribution in [0, 0.1) is 0 Å². The fourth-order valence-corrected chi connectivity index (χ4v) is 3.12. The van der Waals surface area contributed by atoms with Crippen molar-refractivity contribution in [3.05, 3.63) is 84.1 Å². The number of amides is 1. The van der Waals surface area contributed by atoms with Gasteiger partial charge >= 0.3 is 0 Å². The maximum atomic E-state index is 11.7. The van der Waals surface area contributed by atoms with E-state index in [0.717, 1.165) is 33.3 Å². The molecule has 0 fully saturated rings. The van der Waals surface area contributed by atoms with Gasteiger partial charge in [0.25, 0.3) is 0 Å². The van der Waals surface area contributed by atoms with Gasteiger partial charge in [0.15, 0.2) is 0 Å². The third-order valence-corrected chi connectivity index (χ3v) is 4.58. The van der Waals surface area contributed by atoms with Gasteiger partial charge in [-0.3, -0.25) is 9.59 Å². The van der Waals surface area contributed by atoms with Crippen LogP contribution >= 0.6 is 0 Å². The molecule has 0 aliphatic rings. The van der Waals surface area contributed by atoms with Crippen molar-refractivity contribution in [2.24, 2.45) is 7.05 Å². The molecule has 0 aliphatic carbocycles. The Morgan fingerprint density at radius 2 is 2.04 bits per heavy atom. The van der Waals surface area contributed by atoms with Crippen molar-refractivity contribution >= 4 is 22.6 Å². The van der Waals surface area contributed by atoms with Crippen molar-refractivity contribution in [3.8, 4) is 22.3 Å². The Hall–Kier alpha value is -3.93. The molecule has 0 radical (unpaired) electrons. The van der Waals surface area contributed by atoms with Gasteiger partial charge in [-0.1, -0.05) is 18.7 Å². The monoisotopic (exact) mass is 370 g/mol. The summed E-state index contributed by atoms with van der Waals surface area (Å²) in [6.45, 7) is 3.47. The summed E-state index contributed by atoms with van der Waals surface area (Å²) in [7, 11) is 1.73. The number of hydrogen-bond acceptors (Lipinski definition) is 3. The van der Waals surface area contributed by atoms with Crippen LogP contribution < -0.4 is 10.9 Å². The second-order valence-corrected chi connectivity index (χ2v) is 6.46. The van der Waals surface area contributed by atoms with E-state index in [1.165, 1.54) is 6.08 Å². The topological polar surface area (TPSA) is 79.8 Å². The van der Waals surface area contributed by atoms with Crippen molar-refractivity contribution in [2.45, 2.75) is 0 Å². The van der Waals surface area contributed by atoms with Crippen molar-refractivity contribution < 1.29 is 4.79 Å². The number of nitrogens with zero attached hydrogens (tertiary/aromatic N) is 2. The number of aromatic amines is 1. The number of aromatic nitrogens is 3. The third-order valence-electron chi connectivity index (χ3n) is 4.58. The minimum atomic E-state index is -0.256. The van der Waals surface area contributed by atoms with Gasteiger partial charge in [0.1, 0.15) is 5.65 Å². The van der Waals surface area contributed by atoms with E-state index in [4.69, 9.17) is 0 Å². The molecule has 6 heteroatoms. The van der Waals surface area contributed by atoms with E-state index in [-0.39, 0.29) is 11.5 Å². The number of rotatable bonds is 4. The molecule has 1 aromatic carbocycles. The summed E-state index contributed by atoms with van der Waals surface area (Å²) in [6, 6.07) is 13.0. The van der Waals surface area contributed by atoms with Crippen LogP contribution in [-0.4, -0.2) is 20.4 Å². The largest absolute Gasteiger partial charge is 0.346 e. The predicted octanol–water partition coefficient (Wildman–Crippen LogP) is 3.72. The fraction of sp³-hybridized carbons (Fsp3) is 0.0455. The molecule has 0 atom stereocenters. The van der Waals surface area contributed by atoms with Crippen LogP contribution in [0.1, 0.15) is 0 Å². The number of carbonyl (C=O) groups excluding carboxylic acids is 1. The normalized spacial score (nSPS) is 10.8. The minimum absolute atomic E-state index is 0.0548. The smallest absolute Gasteiger partial charge is 0.250 e. The third kappa shape index (κ3) is 3.23. The lowest BCUT2D eigenvalue weighted by Gasteiger charge is -2.07. The molecule has 3 aromatic heterocycles. The fourth-order valence-electron chi connectivity index (χ4n) is 3.12. The van der Waals surface area contributed by atoms with Crippen molar-refractivity contribution in [1.82, 2.24) is 14.5 Å². The Morgan fingerprint density at radius 3 is 2.82 bits per heavy atom. The first kappa shape index (κ1) is 17.5. The maximum Gasteiger partial charge on any atom is 0.250 e. The molecule has 0 spiro atoms. The highest BCUT2D eigenvalue weighted by molar-refractivity contribution is 5.99. The van der Waals surface area contributed by atoms with Crippen LogP contribution in [0.2, 0.25) is 0 Å². The average Bonchev–Trinajstić information content (AvgIpc) is 3.13. The molecule has 0 saturated carbocycles. The van der Waals surface area contributed by atoms with E-state index in [1.54, 1.807) is 23.9 Å². The van der Waals surface area contributed by atoms with E-state index < -0.39 is 0 Å². The Labute approximate surface area is 161 Å². The number of hydrogen-bond donors (Lipinski definition) is 2. The van der Waals surface area contributed by atoms with E-state index in [0.29, 0.717) is 5.69 Å². The lowest BCUT2D eigenvalue weighted by Crippen LogP contribution is -2.13. The van der Waals surface area contributed by atoms with Crippen molar-refractivity contribution in [1.29, 1.82) is 0 Å². The van der Waals surface area contributed by atoms with E-state index >= 15 is 0 Å². The summed E-state index contributed by atoms with van der Waals surface area (Å²) in [5.41, 5.74) is 5.16. The number of benzene rings is 1. The Balaban J connectivity index is 1.79. The second kappa shape index (κ2) is 7.00. The standard InChI is InChI=1S/C22H18N4O2/c1-3-20(27)25-17-6-4-5-14(9-17)16-10-18-19(12-24-22(18)23-11-16)15-7-8-21(28)26(2)13-15/h3-13H,1H2,2H3,(H,23,24)(H,25,27). The maximum absolute atomic E-state index is 11.7. The Morgan fingerprint density at radius 1 is 1.18 bits per heavy atom. The summed E-state index contributed by atoms with van der Waals surface area (Å²) < 4.78 is 1.55. The zero-order valence-electron chi connectivity index (χ0n) is 15.3. The van der Waals surface area contributed by atoms with Crippen LogP contribution in [0.15, 0.2) is 78.5 Å². The zero-order chi connectivity index (χ0) is 19.7. The van der Waals surface area contributed by atoms with E-state index in [2.05, 4.69) is 21.9 Å². The number of pyridine rings is 2. The molecule has 3 heterocycles. The SMILES string of the molecule is C=CC(=O)Nc1cccc(-c2cnc3[nH]cc(-c4ccc(=O)n(C)c4)c3c2)c1.